The van der Waals surface area contributed by atoms with Gasteiger partial charge in [0.15, 0.2) is 11.4 Å². The fourth-order valence-corrected chi connectivity index (χ4v) is 8.39. The predicted octanol–water partition coefficient (Wildman–Crippen LogP) is 5.13. The maximum Gasteiger partial charge on any atom is 0.347 e. The third kappa shape index (κ3) is 6.61. The molecule has 3 aromatic heterocycles. The highest BCUT2D eigenvalue weighted by Crippen LogP contribution is 2.55. The Morgan fingerprint density at radius 1 is 1.06 bits per heavy atom. The molecule has 2 aliphatic heterocycles. The van der Waals surface area contributed by atoms with E-state index in [0.29, 0.717) is 61.7 Å². The van der Waals surface area contributed by atoms with Crippen molar-refractivity contribution in [2.24, 2.45) is 16.7 Å². The number of carbonyl (C=O) groups excluding carboxylic acids is 2. The number of likely N-dealkylation sites (tertiary alicyclic amines) is 2. The molecular weight excluding hydrogens is 676 g/mol. The Bertz CT molecular complexity index is 2020. The average molecular weight is 725 g/mol. The maximum atomic E-state index is 14.0. The number of rotatable bonds is 11. The van der Waals surface area contributed by atoms with Crippen LogP contribution in [-0.2, 0) is 16.1 Å². The summed E-state index contributed by atoms with van der Waals surface area (Å²) in [7, 11) is 0. The van der Waals surface area contributed by atoms with Crippen molar-refractivity contribution in [1.82, 2.24) is 39.5 Å². The quantitative estimate of drug-likeness (QED) is 0.219. The van der Waals surface area contributed by atoms with E-state index < -0.39 is 11.6 Å². The second kappa shape index (κ2) is 12.8. The lowest BCUT2D eigenvalue weighted by molar-refractivity contribution is -0.152. The smallest absolute Gasteiger partial charge is 0.347 e. The molecule has 14 heteroatoms. The van der Waals surface area contributed by atoms with Crippen LogP contribution in [0.1, 0.15) is 118 Å². The Morgan fingerprint density at radius 3 is 2.43 bits per heavy atom. The van der Waals surface area contributed by atoms with Gasteiger partial charge in [0.05, 0.1) is 29.9 Å². The summed E-state index contributed by atoms with van der Waals surface area (Å²) in [5.74, 6) is 0.820. The first-order valence-electron chi connectivity index (χ1n) is 18.7. The molecule has 280 valence electrons. The summed E-state index contributed by atoms with van der Waals surface area (Å²) in [6, 6.07) is 8.99. The molecule has 2 aliphatic carbocycles. The summed E-state index contributed by atoms with van der Waals surface area (Å²) in [4.78, 5) is 47.5. The van der Waals surface area contributed by atoms with Crippen molar-refractivity contribution in [2.75, 3.05) is 26.2 Å². The van der Waals surface area contributed by atoms with E-state index >= 15 is 0 Å². The number of carbonyl (C=O) groups is 3. The number of aliphatic carboxylic acids is 1. The first-order valence-corrected chi connectivity index (χ1v) is 18.7. The van der Waals surface area contributed by atoms with Gasteiger partial charge < -0.3 is 24.2 Å². The molecule has 2 saturated heterocycles. The number of amides is 2. The third-order valence-corrected chi connectivity index (χ3v) is 12.0. The minimum absolute atomic E-state index is 0.0347. The predicted molar refractivity (Wildman–Crippen MR) is 191 cm³/mol. The number of hydrogen-bond acceptors (Lipinski definition) is 9. The monoisotopic (exact) mass is 724 g/mol. The zero-order chi connectivity index (χ0) is 37.3. The van der Waals surface area contributed by atoms with Crippen LogP contribution in [-0.4, -0.2) is 94.2 Å². The number of nitrogens with zero attached hydrogens (tertiary/aromatic N) is 8. The molecule has 2 amide bonds. The van der Waals surface area contributed by atoms with E-state index in [0.717, 1.165) is 17.7 Å². The number of carboxylic acid groups (broad SMARTS) is 1. The van der Waals surface area contributed by atoms with Crippen molar-refractivity contribution in [3.05, 3.63) is 77.5 Å². The average Bonchev–Trinajstić information content (AvgIpc) is 3.85. The number of benzene rings is 1. The normalized spacial score (nSPS) is 22.6. The molecule has 4 fully saturated rings. The van der Waals surface area contributed by atoms with Crippen LogP contribution in [0, 0.1) is 16.7 Å². The Morgan fingerprint density at radius 2 is 1.75 bits per heavy atom. The summed E-state index contributed by atoms with van der Waals surface area (Å²) >= 11 is 0. The molecule has 4 aromatic rings. The summed E-state index contributed by atoms with van der Waals surface area (Å²) in [6.45, 7) is 11.6. The van der Waals surface area contributed by atoms with Gasteiger partial charge in [0.2, 0.25) is 5.91 Å². The summed E-state index contributed by atoms with van der Waals surface area (Å²) in [5, 5.41) is 23.2. The largest absolute Gasteiger partial charge is 0.478 e. The minimum Gasteiger partial charge on any atom is -0.478 e. The highest BCUT2D eigenvalue weighted by Gasteiger charge is 2.61. The van der Waals surface area contributed by atoms with Gasteiger partial charge in [0, 0.05) is 55.8 Å². The SMILES string of the molecule is CC(c1nc(C2CN(C(=O)c3cnn(Cc4ccc(OC(C)(C)C(=O)O)cc4)c3)CC23CN(C(=O)[C@H]2CC2(C)C)C3)no1)n1ccc(C2CCCC2)n1. The molecule has 2 unspecified atom stereocenters. The number of ether oxygens (including phenoxy) is 1. The molecule has 1 aromatic carbocycles. The lowest BCUT2D eigenvalue weighted by atomic mass is 9.71. The molecule has 3 atom stereocenters. The molecule has 1 spiro atoms. The Hall–Kier alpha value is -5.01. The van der Waals surface area contributed by atoms with Crippen LogP contribution in [0.15, 0.2) is 53.4 Å². The van der Waals surface area contributed by atoms with E-state index in [9.17, 15) is 19.5 Å². The van der Waals surface area contributed by atoms with Crippen molar-refractivity contribution in [3.63, 3.8) is 0 Å². The second-order valence-corrected chi connectivity index (χ2v) is 16.9. The van der Waals surface area contributed by atoms with E-state index in [1.165, 1.54) is 39.5 Å². The van der Waals surface area contributed by atoms with Gasteiger partial charge in [-0.05, 0) is 69.2 Å². The van der Waals surface area contributed by atoms with Gasteiger partial charge in [-0.15, -0.1) is 0 Å². The molecule has 0 bridgehead atoms. The topological polar surface area (TPSA) is 162 Å². The highest BCUT2D eigenvalue weighted by atomic mass is 16.5. The standard InChI is InChI=1S/C39H48N8O6/c1-24(47-15-14-31(42-47)26-8-6-7-9-26)33-41-32(43-53-33)30-20-44(21-39(30)22-45(23-39)35(49)29-16-37(29,2)3)34(48)27-17-40-46(19-27)18-25-10-12-28(13-11-25)52-38(4,5)36(50)51/h10-15,17,19,24,26,29-30H,6-9,16,18,20-23H2,1-5H3,(H,50,51)/t24?,29-,30?/m1/s1. The van der Waals surface area contributed by atoms with Crippen molar-refractivity contribution in [2.45, 2.75) is 96.7 Å². The summed E-state index contributed by atoms with van der Waals surface area (Å²) < 4.78 is 15.1. The minimum atomic E-state index is -1.35. The first kappa shape index (κ1) is 35.0. The molecule has 2 saturated carbocycles. The Balaban J connectivity index is 0.973. The van der Waals surface area contributed by atoms with Crippen LogP contribution in [0.25, 0.3) is 0 Å². The Labute approximate surface area is 308 Å². The molecule has 4 aliphatic rings. The molecule has 1 N–H and O–H groups in total. The van der Waals surface area contributed by atoms with E-state index in [2.05, 4.69) is 30.2 Å². The fourth-order valence-electron chi connectivity index (χ4n) is 8.39. The van der Waals surface area contributed by atoms with E-state index in [1.54, 1.807) is 29.2 Å². The van der Waals surface area contributed by atoms with Gasteiger partial charge in [-0.25, -0.2) is 4.79 Å². The molecule has 14 nitrogen and oxygen atoms in total. The van der Waals surface area contributed by atoms with Gasteiger partial charge in [-0.3, -0.25) is 19.0 Å². The van der Waals surface area contributed by atoms with Crippen molar-refractivity contribution < 1.29 is 28.8 Å². The van der Waals surface area contributed by atoms with E-state index in [-0.39, 0.29) is 40.5 Å². The fraction of sp³-hybridized carbons (Fsp3) is 0.564. The lowest BCUT2D eigenvalue weighted by Gasteiger charge is -2.50. The molecule has 8 rings (SSSR count). The van der Waals surface area contributed by atoms with Gasteiger partial charge in [0.25, 0.3) is 11.8 Å². The number of hydrogen-bond donors (Lipinski definition) is 1. The zero-order valence-corrected chi connectivity index (χ0v) is 31.1. The van der Waals surface area contributed by atoms with Crippen molar-refractivity contribution in [1.29, 1.82) is 0 Å². The molecule has 0 radical (unpaired) electrons. The van der Waals surface area contributed by atoms with Crippen LogP contribution in [0.4, 0.5) is 0 Å². The molecule has 5 heterocycles. The third-order valence-electron chi connectivity index (χ3n) is 12.0. The second-order valence-electron chi connectivity index (χ2n) is 16.9. The highest BCUT2D eigenvalue weighted by molar-refractivity contribution is 5.94. The molecular formula is C39H48N8O6. The maximum absolute atomic E-state index is 14.0. The van der Waals surface area contributed by atoms with Crippen molar-refractivity contribution in [3.8, 4) is 5.75 Å². The van der Waals surface area contributed by atoms with Crippen LogP contribution in [0.2, 0.25) is 0 Å². The van der Waals surface area contributed by atoms with Crippen LogP contribution in [0.3, 0.4) is 0 Å². The molecule has 53 heavy (non-hydrogen) atoms. The lowest BCUT2D eigenvalue weighted by Crippen LogP contribution is -2.62. The summed E-state index contributed by atoms with van der Waals surface area (Å²) in [6.07, 6.45) is 11.0. The van der Waals surface area contributed by atoms with Crippen LogP contribution in [0.5, 0.6) is 5.75 Å². The van der Waals surface area contributed by atoms with Gasteiger partial charge in [-0.1, -0.05) is 44.0 Å². The van der Waals surface area contributed by atoms with E-state index in [1.807, 2.05) is 39.7 Å². The van der Waals surface area contributed by atoms with Gasteiger partial charge >= 0.3 is 5.97 Å². The van der Waals surface area contributed by atoms with Crippen LogP contribution < -0.4 is 4.74 Å². The van der Waals surface area contributed by atoms with Gasteiger partial charge in [-0.2, -0.15) is 15.2 Å². The van der Waals surface area contributed by atoms with Gasteiger partial charge in [0.1, 0.15) is 11.8 Å². The number of aromatic nitrogens is 6. The van der Waals surface area contributed by atoms with Crippen LogP contribution >= 0.6 is 0 Å². The number of carboxylic acids is 1. The zero-order valence-electron chi connectivity index (χ0n) is 31.1. The Kier molecular flexibility index (Phi) is 8.49. The first-order chi connectivity index (χ1) is 25.2. The summed E-state index contributed by atoms with van der Waals surface area (Å²) in [5.41, 5.74) is 0.798. The van der Waals surface area contributed by atoms with Crippen molar-refractivity contribution >= 4 is 17.8 Å². The van der Waals surface area contributed by atoms with E-state index in [4.69, 9.17) is 19.3 Å².